The van der Waals surface area contributed by atoms with Gasteiger partial charge in [0.1, 0.15) is 5.75 Å². The fourth-order valence-corrected chi connectivity index (χ4v) is 4.30. The van der Waals surface area contributed by atoms with Gasteiger partial charge >= 0.3 is 6.03 Å². The first kappa shape index (κ1) is 18.2. The van der Waals surface area contributed by atoms with E-state index in [0.717, 1.165) is 12.8 Å². The molecule has 26 heavy (non-hydrogen) atoms. The average Bonchev–Trinajstić information content (AvgIpc) is 3.18. The van der Waals surface area contributed by atoms with E-state index in [1.54, 1.807) is 43.5 Å². The Labute approximate surface area is 153 Å². The molecule has 0 aliphatic carbocycles. The van der Waals surface area contributed by atoms with Crippen LogP contribution < -0.4 is 15.4 Å². The van der Waals surface area contributed by atoms with Crippen LogP contribution in [0, 0.1) is 0 Å². The van der Waals surface area contributed by atoms with Crippen LogP contribution in [-0.2, 0) is 10.0 Å². The summed E-state index contributed by atoms with van der Waals surface area (Å²) < 4.78 is 31.6. The van der Waals surface area contributed by atoms with Crippen LogP contribution in [0.15, 0.2) is 53.4 Å². The molecule has 1 aliphatic rings. The van der Waals surface area contributed by atoms with Crippen LogP contribution >= 0.6 is 0 Å². The number of urea groups is 1. The minimum atomic E-state index is -3.45. The Hall–Kier alpha value is -2.58. The van der Waals surface area contributed by atoms with Crippen molar-refractivity contribution >= 4 is 27.4 Å². The maximum Gasteiger partial charge on any atom is 0.323 e. The van der Waals surface area contributed by atoms with Gasteiger partial charge in [0, 0.05) is 30.5 Å². The topological polar surface area (TPSA) is 87.7 Å². The second-order valence-corrected chi connectivity index (χ2v) is 7.88. The Bertz CT molecular complexity index is 876. The number of nitrogens with zero attached hydrogens (tertiary/aromatic N) is 1. The van der Waals surface area contributed by atoms with E-state index in [2.05, 4.69) is 10.6 Å². The van der Waals surface area contributed by atoms with Crippen LogP contribution in [0.1, 0.15) is 12.8 Å². The van der Waals surface area contributed by atoms with Gasteiger partial charge in [-0.3, -0.25) is 0 Å². The Morgan fingerprint density at radius 1 is 1.00 bits per heavy atom. The summed E-state index contributed by atoms with van der Waals surface area (Å²) in [4.78, 5) is 12.3. The summed E-state index contributed by atoms with van der Waals surface area (Å²) in [6, 6.07) is 12.7. The van der Waals surface area contributed by atoms with Crippen LogP contribution in [0.25, 0.3) is 0 Å². The van der Waals surface area contributed by atoms with Crippen molar-refractivity contribution in [1.82, 2.24) is 4.31 Å². The van der Waals surface area contributed by atoms with Gasteiger partial charge in [-0.05, 0) is 49.2 Å². The summed E-state index contributed by atoms with van der Waals surface area (Å²) in [6.45, 7) is 1.12. The van der Waals surface area contributed by atoms with E-state index in [4.69, 9.17) is 4.74 Å². The number of nitrogens with one attached hydrogen (secondary N) is 2. The highest BCUT2D eigenvalue weighted by atomic mass is 32.2. The van der Waals surface area contributed by atoms with E-state index in [0.29, 0.717) is 30.2 Å². The van der Waals surface area contributed by atoms with Gasteiger partial charge in [-0.1, -0.05) is 6.07 Å². The quantitative estimate of drug-likeness (QED) is 0.840. The lowest BCUT2D eigenvalue weighted by atomic mass is 10.3. The van der Waals surface area contributed by atoms with E-state index >= 15 is 0 Å². The zero-order valence-corrected chi connectivity index (χ0v) is 15.3. The van der Waals surface area contributed by atoms with Gasteiger partial charge in [-0.2, -0.15) is 4.31 Å². The highest BCUT2D eigenvalue weighted by Crippen LogP contribution is 2.22. The minimum absolute atomic E-state index is 0.234. The molecule has 3 rings (SSSR count). The lowest BCUT2D eigenvalue weighted by molar-refractivity contribution is 0.262. The molecule has 7 nitrogen and oxygen atoms in total. The number of carbonyl (C=O) groups is 1. The number of sulfonamides is 1. The molecule has 0 atom stereocenters. The van der Waals surface area contributed by atoms with Crippen LogP contribution in [0.2, 0.25) is 0 Å². The third kappa shape index (κ3) is 4.14. The number of hydrogen-bond donors (Lipinski definition) is 2. The number of hydrogen-bond acceptors (Lipinski definition) is 4. The zero-order valence-electron chi connectivity index (χ0n) is 14.4. The lowest BCUT2D eigenvalue weighted by Crippen LogP contribution is -2.27. The van der Waals surface area contributed by atoms with Crippen LogP contribution in [0.5, 0.6) is 5.75 Å². The molecule has 0 bridgehead atoms. The van der Waals surface area contributed by atoms with Gasteiger partial charge in [-0.15, -0.1) is 0 Å². The summed E-state index contributed by atoms with van der Waals surface area (Å²) >= 11 is 0. The third-order valence-electron chi connectivity index (χ3n) is 4.14. The van der Waals surface area contributed by atoms with Gasteiger partial charge in [0.2, 0.25) is 10.0 Å². The maximum absolute atomic E-state index is 12.5. The molecule has 0 saturated carbocycles. The molecular formula is C18H21N3O4S. The molecule has 2 aromatic carbocycles. The number of benzene rings is 2. The van der Waals surface area contributed by atoms with Crippen molar-refractivity contribution in [3.05, 3.63) is 48.5 Å². The van der Waals surface area contributed by atoms with Crippen molar-refractivity contribution < 1.29 is 17.9 Å². The number of rotatable bonds is 5. The van der Waals surface area contributed by atoms with Gasteiger partial charge in [0.15, 0.2) is 0 Å². The molecule has 2 aromatic rings. The van der Waals surface area contributed by atoms with Crippen LogP contribution in [0.3, 0.4) is 0 Å². The molecular weight excluding hydrogens is 354 g/mol. The Morgan fingerprint density at radius 2 is 1.65 bits per heavy atom. The van der Waals surface area contributed by atoms with Crippen LogP contribution in [0.4, 0.5) is 16.2 Å². The minimum Gasteiger partial charge on any atom is -0.497 e. The van der Waals surface area contributed by atoms with Crippen molar-refractivity contribution in [2.24, 2.45) is 0 Å². The van der Waals surface area contributed by atoms with E-state index in [1.165, 1.54) is 16.4 Å². The summed E-state index contributed by atoms with van der Waals surface area (Å²) in [5.74, 6) is 0.638. The molecule has 1 aliphatic heterocycles. The van der Waals surface area contributed by atoms with E-state index < -0.39 is 16.1 Å². The van der Waals surface area contributed by atoms with Crippen molar-refractivity contribution in [3.63, 3.8) is 0 Å². The normalized spacial score (nSPS) is 14.8. The zero-order chi connectivity index (χ0) is 18.6. The molecule has 0 radical (unpaired) electrons. The molecule has 1 saturated heterocycles. The Balaban J connectivity index is 1.64. The van der Waals surface area contributed by atoms with E-state index in [9.17, 15) is 13.2 Å². The second-order valence-electron chi connectivity index (χ2n) is 5.95. The number of ether oxygens (including phenoxy) is 1. The van der Waals surface area contributed by atoms with Crippen molar-refractivity contribution in [2.75, 3.05) is 30.8 Å². The van der Waals surface area contributed by atoms with Gasteiger partial charge in [0.25, 0.3) is 0 Å². The molecule has 138 valence electrons. The lowest BCUT2D eigenvalue weighted by Gasteiger charge is -2.15. The molecule has 0 unspecified atom stereocenters. The molecule has 8 heteroatoms. The maximum atomic E-state index is 12.5. The highest BCUT2D eigenvalue weighted by molar-refractivity contribution is 7.89. The smallest absolute Gasteiger partial charge is 0.323 e. The first-order valence-corrected chi connectivity index (χ1v) is 9.75. The number of methoxy groups -OCH3 is 1. The van der Waals surface area contributed by atoms with E-state index in [1.807, 2.05) is 0 Å². The van der Waals surface area contributed by atoms with E-state index in [-0.39, 0.29) is 4.90 Å². The third-order valence-corrected chi connectivity index (χ3v) is 6.06. The largest absolute Gasteiger partial charge is 0.497 e. The monoisotopic (exact) mass is 375 g/mol. The summed E-state index contributed by atoms with van der Waals surface area (Å²) in [5, 5.41) is 5.37. The molecule has 0 aromatic heterocycles. The Morgan fingerprint density at radius 3 is 2.31 bits per heavy atom. The predicted molar refractivity (Wildman–Crippen MR) is 100 cm³/mol. The Kier molecular flexibility index (Phi) is 5.43. The molecule has 0 spiro atoms. The average molecular weight is 375 g/mol. The number of carbonyl (C=O) groups excluding carboxylic acids is 1. The standard InChI is InChI=1S/C18H21N3O4S/c1-25-16-6-4-5-15(13-16)20-18(22)19-14-7-9-17(10-8-14)26(23,24)21-11-2-3-12-21/h4-10,13H,2-3,11-12H2,1H3,(H2,19,20,22). The van der Waals surface area contributed by atoms with Gasteiger partial charge in [-0.25, -0.2) is 13.2 Å². The van der Waals surface area contributed by atoms with Crippen molar-refractivity contribution in [1.29, 1.82) is 0 Å². The second kappa shape index (κ2) is 7.76. The highest BCUT2D eigenvalue weighted by Gasteiger charge is 2.26. The molecule has 2 amide bonds. The van der Waals surface area contributed by atoms with Gasteiger partial charge in [0.05, 0.1) is 12.0 Å². The van der Waals surface area contributed by atoms with Crippen molar-refractivity contribution in [2.45, 2.75) is 17.7 Å². The molecule has 2 N–H and O–H groups in total. The summed E-state index contributed by atoms with van der Waals surface area (Å²) in [5.41, 5.74) is 1.10. The predicted octanol–water partition coefficient (Wildman–Crippen LogP) is 3.12. The van der Waals surface area contributed by atoms with Crippen LogP contribution in [-0.4, -0.2) is 39.0 Å². The SMILES string of the molecule is COc1cccc(NC(=O)Nc2ccc(S(=O)(=O)N3CCCC3)cc2)c1. The van der Waals surface area contributed by atoms with Crippen molar-refractivity contribution in [3.8, 4) is 5.75 Å². The van der Waals surface area contributed by atoms with Gasteiger partial charge < -0.3 is 15.4 Å². The molecule has 1 heterocycles. The first-order valence-electron chi connectivity index (χ1n) is 8.31. The molecule has 1 fully saturated rings. The summed E-state index contributed by atoms with van der Waals surface area (Å²) in [6.07, 6.45) is 1.78. The number of amides is 2. The first-order chi connectivity index (χ1) is 12.5. The summed E-state index contributed by atoms with van der Waals surface area (Å²) in [7, 11) is -1.90. The number of anilines is 2. The fraction of sp³-hybridized carbons (Fsp3) is 0.278. The fourth-order valence-electron chi connectivity index (χ4n) is 2.78.